The number of hydrogen-bond acceptors (Lipinski definition) is 4. The molecule has 0 bridgehead atoms. The van der Waals surface area contributed by atoms with Crippen LogP contribution < -0.4 is 13.9 Å². The number of nitrogens with one attached hydrogen (secondary N) is 1. The highest BCUT2D eigenvalue weighted by molar-refractivity contribution is 7.94. The number of urea groups is 1. The van der Waals surface area contributed by atoms with Gasteiger partial charge in [-0.2, -0.15) is 8.42 Å². The van der Waals surface area contributed by atoms with E-state index >= 15 is 0 Å². The SMILES string of the molecule is CN1CCN(C(=O)Nc2ccc3c(c2)N(C)S(=O)(=O)N3C)CC1. The minimum absolute atomic E-state index is 0.157. The summed E-state index contributed by atoms with van der Waals surface area (Å²) in [6, 6.07) is 4.95. The molecule has 2 amide bonds. The summed E-state index contributed by atoms with van der Waals surface area (Å²) in [7, 11) is 1.55. The van der Waals surface area contributed by atoms with Crippen molar-refractivity contribution in [2.75, 3.05) is 61.2 Å². The number of nitrogens with zero attached hydrogens (tertiary/aromatic N) is 4. The fourth-order valence-electron chi connectivity index (χ4n) is 2.76. The quantitative estimate of drug-likeness (QED) is 0.813. The van der Waals surface area contributed by atoms with Crippen molar-refractivity contribution in [2.45, 2.75) is 0 Å². The van der Waals surface area contributed by atoms with Crippen LogP contribution in [0.4, 0.5) is 21.9 Å². The normalized spacial score (nSPS) is 20.6. The third-order valence-corrected chi connectivity index (χ3v) is 6.17. The number of rotatable bonds is 1. The number of piperazine rings is 1. The molecule has 0 spiro atoms. The van der Waals surface area contributed by atoms with E-state index in [1.54, 1.807) is 23.1 Å². The zero-order chi connectivity index (χ0) is 16.8. The van der Waals surface area contributed by atoms with Crippen LogP contribution in [0.3, 0.4) is 0 Å². The van der Waals surface area contributed by atoms with Crippen LogP contribution >= 0.6 is 0 Å². The van der Waals surface area contributed by atoms with E-state index in [2.05, 4.69) is 10.2 Å². The van der Waals surface area contributed by atoms with Crippen molar-refractivity contribution >= 4 is 33.3 Å². The number of anilines is 3. The maximum atomic E-state index is 12.3. The second-order valence-electron chi connectivity index (χ2n) is 5.87. The summed E-state index contributed by atoms with van der Waals surface area (Å²) < 4.78 is 26.7. The van der Waals surface area contributed by atoms with Crippen LogP contribution in [0.1, 0.15) is 0 Å². The summed E-state index contributed by atoms with van der Waals surface area (Å²) >= 11 is 0. The molecule has 1 fully saturated rings. The molecule has 1 N–H and O–H groups in total. The fraction of sp³-hybridized carbons (Fsp3) is 0.500. The minimum Gasteiger partial charge on any atom is -0.322 e. The summed E-state index contributed by atoms with van der Waals surface area (Å²) in [6.07, 6.45) is 0. The van der Waals surface area contributed by atoms with Crippen LogP contribution in [0.5, 0.6) is 0 Å². The van der Waals surface area contributed by atoms with Crippen molar-refractivity contribution in [3.05, 3.63) is 18.2 Å². The Morgan fingerprint density at radius 1 is 1.00 bits per heavy atom. The Morgan fingerprint density at radius 2 is 1.61 bits per heavy atom. The first-order valence-electron chi connectivity index (χ1n) is 7.42. The molecule has 0 atom stereocenters. The smallest absolute Gasteiger partial charge is 0.322 e. The highest BCUT2D eigenvalue weighted by Crippen LogP contribution is 2.40. The summed E-state index contributed by atoms with van der Waals surface area (Å²) in [5.74, 6) is 0. The molecule has 2 heterocycles. The Hall–Kier alpha value is -2.00. The van der Waals surface area contributed by atoms with Crippen LogP contribution in [-0.4, -0.2) is 71.6 Å². The lowest BCUT2D eigenvalue weighted by atomic mass is 10.2. The van der Waals surface area contributed by atoms with E-state index in [9.17, 15) is 13.2 Å². The third-order valence-electron chi connectivity index (χ3n) is 4.39. The highest BCUT2D eigenvalue weighted by Gasteiger charge is 2.35. The Balaban J connectivity index is 1.76. The molecule has 23 heavy (non-hydrogen) atoms. The lowest BCUT2D eigenvalue weighted by Crippen LogP contribution is -2.48. The van der Waals surface area contributed by atoms with E-state index in [4.69, 9.17) is 0 Å². The fourth-order valence-corrected chi connectivity index (χ4v) is 3.93. The number of amides is 2. The van der Waals surface area contributed by atoms with Gasteiger partial charge in [0.25, 0.3) is 0 Å². The Bertz CT molecular complexity index is 728. The monoisotopic (exact) mass is 339 g/mol. The Morgan fingerprint density at radius 3 is 2.26 bits per heavy atom. The molecular weight excluding hydrogens is 318 g/mol. The van der Waals surface area contributed by atoms with Crippen molar-refractivity contribution in [3.8, 4) is 0 Å². The van der Waals surface area contributed by atoms with Crippen molar-refractivity contribution in [1.29, 1.82) is 0 Å². The van der Waals surface area contributed by atoms with Gasteiger partial charge >= 0.3 is 16.2 Å². The summed E-state index contributed by atoms with van der Waals surface area (Å²) in [6.45, 7) is 3.07. The average Bonchev–Trinajstić information content (AvgIpc) is 2.69. The molecule has 0 saturated carbocycles. The maximum absolute atomic E-state index is 12.3. The third kappa shape index (κ3) is 2.70. The van der Waals surface area contributed by atoms with E-state index in [-0.39, 0.29) is 6.03 Å². The van der Waals surface area contributed by atoms with Crippen molar-refractivity contribution < 1.29 is 13.2 Å². The first-order chi connectivity index (χ1) is 10.8. The molecule has 2 aliphatic heterocycles. The van der Waals surface area contributed by atoms with E-state index in [0.717, 1.165) is 13.1 Å². The highest BCUT2D eigenvalue weighted by atomic mass is 32.2. The molecule has 3 rings (SSSR count). The second kappa shape index (κ2) is 5.57. The summed E-state index contributed by atoms with van der Waals surface area (Å²) in [5.41, 5.74) is 1.75. The lowest BCUT2D eigenvalue weighted by Gasteiger charge is -2.32. The lowest BCUT2D eigenvalue weighted by molar-refractivity contribution is 0.164. The predicted octanol–water partition coefficient (Wildman–Crippen LogP) is 0.597. The molecular formula is C14H21N5O3S. The van der Waals surface area contributed by atoms with Gasteiger partial charge in [-0.15, -0.1) is 0 Å². The van der Waals surface area contributed by atoms with Crippen molar-refractivity contribution in [2.24, 2.45) is 0 Å². The van der Waals surface area contributed by atoms with Gasteiger partial charge in [0.2, 0.25) is 0 Å². The molecule has 8 nitrogen and oxygen atoms in total. The van der Waals surface area contributed by atoms with Crippen LogP contribution in [0.25, 0.3) is 0 Å². The van der Waals surface area contributed by atoms with E-state index in [0.29, 0.717) is 30.2 Å². The Labute approximate surface area is 136 Å². The number of carbonyl (C=O) groups is 1. The van der Waals surface area contributed by atoms with Gasteiger partial charge < -0.3 is 15.1 Å². The first kappa shape index (κ1) is 15.9. The van der Waals surface area contributed by atoms with Crippen LogP contribution in [0.2, 0.25) is 0 Å². The topological polar surface area (TPSA) is 76.2 Å². The molecule has 0 aromatic heterocycles. The average molecular weight is 339 g/mol. The zero-order valence-electron chi connectivity index (χ0n) is 13.5. The molecule has 1 aromatic rings. The van der Waals surface area contributed by atoms with Crippen LogP contribution in [0.15, 0.2) is 18.2 Å². The van der Waals surface area contributed by atoms with Gasteiger partial charge in [-0.05, 0) is 25.2 Å². The number of likely N-dealkylation sites (N-methyl/N-ethyl adjacent to an activating group) is 1. The van der Waals surface area contributed by atoms with Crippen molar-refractivity contribution in [1.82, 2.24) is 9.80 Å². The van der Waals surface area contributed by atoms with Gasteiger partial charge in [-0.3, -0.25) is 8.61 Å². The van der Waals surface area contributed by atoms with Crippen LogP contribution in [0, 0.1) is 0 Å². The van der Waals surface area contributed by atoms with Gasteiger partial charge in [-0.25, -0.2) is 4.79 Å². The van der Waals surface area contributed by atoms with Gasteiger partial charge in [-0.1, -0.05) is 0 Å². The van der Waals surface area contributed by atoms with Crippen LogP contribution in [-0.2, 0) is 10.2 Å². The maximum Gasteiger partial charge on any atom is 0.326 e. The first-order valence-corrected chi connectivity index (χ1v) is 8.81. The standard InChI is InChI=1S/C14H21N5O3S/c1-16-6-8-19(9-7-16)14(20)15-11-4-5-12-13(10-11)18(3)23(21,22)17(12)2/h4-5,10H,6-9H2,1-3H3,(H,15,20). The number of carbonyl (C=O) groups excluding carboxylic acids is 1. The number of fused-ring (bicyclic) bond motifs is 1. The second-order valence-corrected chi connectivity index (χ2v) is 7.86. The van der Waals surface area contributed by atoms with E-state index in [1.807, 2.05) is 7.05 Å². The summed E-state index contributed by atoms with van der Waals surface area (Å²) in [4.78, 5) is 16.2. The summed E-state index contributed by atoms with van der Waals surface area (Å²) in [5, 5.41) is 2.85. The molecule has 1 saturated heterocycles. The zero-order valence-corrected chi connectivity index (χ0v) is 14.3. The predicted molar refractivity (Wildman–Crippen MR) is 90.3 cm³/mol. The van der Waals surface area contributed by atoms with Gasteiger partial charge in [0.05, 0.1) is 11.4 Å². The molecule has 0 radical (unpaired) electrons. The Kier molecular flexibility index (Phi) is 3.85. The minimum atomic E-state index is -3.50. The molecule has 9 heteroatoms. The molecule has 1 aromatic carbocycles. The molecule has 0 aliphatic carbocycles. The van der Waals surface area contributed by atoms with E-state index < -0.39 is 10.2 Å². The number of benzene rings is 1. The van der Waals surface area contributed by atoms with E-state index in [1.165, 1.54) is 22.7 Å². The largest absolute Gasteiger partial charge is 0.326 e. The van der Waals surface area contributed by atoms with Gasteiger partial charge in [0.1, 0.15) is 0 Å². The molecule has 126 valence electrons. The number of hydrogen-bond donors (Lipinski definition) is 1. The van der Waals surface area contributed by atoms with Gasteiger partial charge in [0, 0.05) is 46.0 Å². The molecule has 2 aliphatic rings. The van der Waals surface area contributed by atoms with Gasteiger partial charge in [0.15, 0.2) is 0 Å². The molecule has 0 unspecified atom stereocenters. The van der Waals surface area contributed by atoms with Crippen molar-refractivity contribution in [3.63, 3.8) is 0 Å².